The van der Waals surface area contributed by atoms with Gasteiger partial charge >= 0.3 is 5.97 Å². The Morgan fingerprint density at radius 1 is 1.32 bits per heavy atom. The Kier molecular flexibility index (Phi) is 6.51. The Morgan fingerprint density at radius 3 is 2.75 bits per heavy atom. The highest BCUT2D eigenvalue weighted by molar-refractivity contribution is 7.17. The predicted octanol–water partition coefficient (Wildman–Crippen LogP) is 2.92. The van der Waals surface area contributed by atoms with Crippen LogP contribution in [0.4, 0.5) is 5.00 Å². The number of hydrogen-bond donors (Lipinski definition) is 1. The maximum atomic E-state index is 12.6. The topological polar surface area (TPSA) is 76.5 Å². The number of likely N-dealkylation sites (N-methyl/N-ethyl adjacent to an activating group) is 1. The number of ether oxygens (including phenoxy) is 1. The van der Waals surface area contributed by atoms with E-state index in [-0.39, 0.29) is 18.4 Å². The monoisotopic (exact) mass is 404 g/mol. The van der Waals surface area contributed by atoms with Gasteiger partial charge in [0.2, 0.25) is 5.91 Å². The molecule has 152 valence electrons. The van der Waals surface area contributed by atoms with Crippen molar-refractivity contribution in [2.45, 2.75) is 45.6 Å². The second-order valence-electron chi connectivity index (χ2n) is 7.39. The van der Waals surface area contributed by atoms with Crippen molar-refractivity contribution in [3.05, 3.63) is 33.5 Å². The first kappa shape index (κ1) is 20.5. The molecule has 0 aromatic carbocycles. The number of aryl methyl sites for hydroxylation is 3. The molecule has 2 heterocycles. The molecule has 1 aliphatic rings. The van der Waals surface area contributed by atoms with Gasteiger partial charge in [-0.05, 0) is 45.2 Å². The standard InChI is InChI=1S/C20H28N4O3S/c1-13-14(11-24(3)22-13)10-23(2)12-17(25)21-19-18(20(26)27-4)15-8-6-5-7-9-16(15)28-19/h11H,5-10,12H2,1-4H3,(H,21,25). The summed E-state index contributed by atoms with van der Waals surface area (Å²) >= 11 is 1.52. The van der Waals surface area contributed by atoms with Crippen LogP contribution in [0.1, 0.15) is 51.3 Å². The lowest BCUT2D eigenvalue weighted by Crippen LogP contribution is -2.30. The fourth-order valence-corrected chi connectivity index (χ4v) is 5.00. The Labute approximate surface area is 169 Å². The third-order valence-corrected chi connectivity index (χ3v) is 6.24. The molecule has 1 aliphatic carbocycles. The van der Waals surface area contributed by atoms with E-state index >= 15 is 0 Å². The highest BCUT2D eigenvalue weighted by atomic mass is 32.1. The van der Waals surface area contributed by atoms with E-state index in [2.05, 4.69) is 10.4 Å². The van der Waals surface area contributed by atoms with Gasteiger partial charge in [-0.15, -0.1) is 11.3 Å². The maximum absolute atomic E-state index is 12.6. The SMILES string of the molecule is COC(=O)c1c(NC(=O)CN(C)Cc2cn(C)nc2C)sc2c1CCCCC2. The number of thiophene rings is 1. The summed E-state index contributed by atoms with van der Waals surface area (Å²) in [5.74, 6) is -0.500. The second-order valence-corrected chi connectivity index (χ2v) is 8.50. The van der Waals surface area contributed by atoms with E-state index in [1.807, 2.05) is 32.1 Å². The van der Waals surface area contributed by atoms with Crippen molar-refractivity contribution in [1.29, 1.82) is 0 Å². The van der Waals surface area contributed by atoms with E-state index < -0.39 is 0 Å². The van der Waals surface area contributed by atoms with Crippen molar-refractivity contribution < 1.29 is 14.3 Å². The average Bonchev–Trinajstić information content (AvgIpc) is 3.02. The molecule has 2 aromatic rings. The molecule has 0 saturated heterocycles. The minimum atomic E-state index is -0.367. The van der Waals surface area contributed by atoms with Crippen LogP contribution < -0.4 is 5.32 Å². The lowest BCUT2D eigenvalue weighted by atomic mass is 10.1. The number of carbonyl (C=O) groups is 2. The quantitative estimate of drug-likeness (QED) is 0.592. The van der Waals surface area contributed by atoms with Crippen molar-refractivity contribution in [3.8, 4) is 0 Å². The first-order chi connectivity index (χ1) is 13.4. The summed E-state index contributed by atoms with van der Waals surface area (Å²) in [5.41, 5.74) is 3.66. The molecule has 8 heteroatoms. The largest absolute Gasteiger partial charge is 0.465 e. The van der Waals surface area contributed by atoms with Gasteiger partial charge in [-0.3, -0.25) is 14.4 Å². The Balaban J connectivity index is 1.71. The highest BCUT2D eigenvalue weighted by Crippen LogP contribution is 2.37. The van der Waals surface area contributed by atoms with Crippen molar-refractivity contribution in [1.82, 2.24) is 14.7 Å². The smallest absolute Gasteiger partial charge is 0.341 e. The van der Waals surface area contributed by atoms with Gasteiger partial charge in [-0.1, -0.05) is 6.42 Å². The number of nitrogens with one attached hydrogen (secondary N) is 1. The summed E-state index contributed by atoms with van der Waals surface area (Å²) in [7, 11) is 5.17. The van der Waals surface area contributed by atoms with E-state index in [1.54, 1.807) is 4.68 Å². The summed E-state index contributed by atoms with van der Waals surface area (Å²) in [6.45, 7) is 2.83. The van der Waals surface area contributed by atoms with Gasteiger partial charge in [0.15, 0.2) is 0 Å². The zero-order valence-electron chi connectivity index (χ0n) is 17.0. The zero-order valence-corrected chi connectivity index (χ0v) is 17.8. The van der Waals surface area contributed by atoms with Crippen LogP contribution >= 0.6 is 11.3 Å². The normalized spacial score (nSPS) is 13.9. The maximum Gasteiger partial charge on any atom is 0.341 e. The van der Waals surface area contributed by atoms with E-state index in [0.717, 1.165) is 42.5 Å². The minimum absolute atomic E-state index is 0.134. The average molecular weight is 405 g/mol. The summed E-state index contributed by atoms with van der Waals surface area (Å²) in [4.78, 5) is 28.1. The van der Waals surface area contributed by atoms with Crippen LogP contribution in [0.3, 0.4) is 0 Å². The predicted molar refractivity (Wildman–Crippen MR) is 110 cm³/mol. The molecule has 7 nitrogen and oxygen atoms in total. The minimum Gasteiger partial charge on any atom is -0.465 e. The molecule has 0 saturated carbocycles. The molecular weight excluding hydrogens is 376 g/mol. The molecule has 0 spiro atoms. The number of amides is 1. The van der Waals surface area contributed by atoms with Crippen LogP contribution in [0.2, 0.25) is 0 Å². The zero-order chi connectivity index (χ0) is 20.3. The van der Waals surface area contributed by atoms with Gasteiger partial charge in [0.05, 0.1) is 24.9 Å². The number of esters is 1. The summed E-state index contributed by atoms with van der Waals surface area (Å²) in [6.07, 6.45) is 7.15. The number of nitrogens with zero attached hydrogens (tertiary/aromatic N) is 3. The molecule has 28 heavy (non-hydrogen) atoms. The first-order valence-corrected chi connectivity index (χ1v) is 10.4. The molecule has 2 aromatic heterocycles. The molecule has 1 N–H and O–H groups in total. The molecule has 0 radical (unpaired) electrons. The lowest BCUT2D eigenvalue weighted by Gasteiger charge is -2.16. The molecule has 0 fully saturated rings. The number of anilines is 1. The number of carbonyl (C=O) groups excluding carboxylic acids is 2. The van der Waals surface area contributed by atoms with E-state index in [4.69, 9.17) is 4.74 Å². The first-order valence-electron chi connectivity index (χ1n) is 9.59. The molecule has 0 bridgehead atoms. The van der Waals surface area contributed by atoms with Gasteiger partial charge in [0.25, 0.3) is 0 Å². The van der Waals surface area contributed by atoms with Gasteiger partial charge in [-0.2, -0.15) is 5.10 Å². The van der Waals surface area contributed by atoms with E-state index in [0.29, 0.717) is 17.1 Å². The van der Waals surface area contributed by atoms with Gasteiger partial charge in [0, 0.05) is 30.2 Å². The number of fused-ring (bicyclic) bond motifs is 1. The molecule has 1 amide bonds. The number of rotatable bonds is 6. The van der Waals surface area contributed by atoms with E-state index in [9.17, 15) is 9.59 Å². The van der Waals surface area contributed by atoms with Crippen molar-refractivity contribution in [2.24, 2.45) is 7.05 Å². The van der Waals surface area contributed by atoms with Crippen LogP contribution in [-0.4, -0.2) is 47.3 Å². The highest BCUT2D eigenvalue weighted by Gasteiger charge is 2.26. The number of aromatic nitrogens is 2. The molecular formula is C20H28N4O3S. The fourth-order valence-electron chi connectivity index (χ4n) is 3.71. The number of methoxy groups -OCH3 is 1. The third-order valence-electron chi connectivity index (χ3n) is 5.03. The van der Waals surface area contributed by atoms with Crippen LogP contribution in [0, 0.1) is 6.92 Å². The van der Waals surface area contributed by atoms with Gasteiger partial charge in [0.1, 0.15) is 5.00 Å². The van der Waals surface area contributed by atoms with Crippen molar-refractivity contribution in [3.63, 3.8) is 0 Å². The molecule has 3 rings (SSSR count). The fraction of sp³-hybridized carbons (Fsp3) is 0.550. The third kappa shape index (κ3) is 4.62. The second kappa shape index (κ2) is 8.87. The number of hydrogen-bond acceptors (Lipinski definition) is 6. The van der Waals surface area contributed by atoms with Crippen LogP contribution in [-0.2, 0) is 36.0 Å². The summed E-state index contributed by atoms with van der Waals surface area (Å²) in [6, 6.07) is 0. The van der Waals surface area contributed by atoms with Crippen LogP contribution in [0.15, 0.2) is 6.20 Å². The van der Waals surface area contributed by atoms with Crippen molar-refractivity contribution in [2.75, 3.05) is 26.0 Å². The molecule has 0 unspecified atom stereocenters. The summed E-state index contributed by atoms with van der Waals surface area (Å²) in [5, 5.41) is 7.91. The lowest BCUT2D eigenvalue weighted by molar-refractivity contribution is -0.117. The molecule has 0 aliphatic heterocycles. The summed E-state index contributed by atoms with van der Waals surface area (Å²) < 4.78 is 6.77. The Morgan fingerprint density at radius 2 is 2.07 bits per heavy atom. The van der Waals surface area contributed by atoms with E-state index in [1.165, 1.54) is 29.7 Å². The van der Waals surface area contributed by atoms with Gasteiger partial charge in [-0.25, -0.2) is 4.79 Å². The van der Waals surface area contributed by atoms with Crippen LogP contribution in [0.5, 0.6) is 0 Å². The van der Waals surface area contributed by atoms with Gasteiger partial charge < -0.3 is 10.1 Å². The van der Waals surface area contributed by atoms with Crippen LogP contribution in [0.25, 0.3) is 0 Å². The Hall–Kier alpha value is -2.19. The Bertz CT molecular complexity index is 871. The molecule has 0 atom stereocenters. The van der Waals surface area contributed by atoms with Crippen molar-refractivity contribution >= 4 is 28.2 Å².